The molecule has 0 aromatic heterocycles. The van der Waals surface area contributed by atoms with Gasteiger partial charge < -0.3 is 4.79 Å². The molecule has 1 fully saturated rings. The van der Waals surface area contributed by atoms with E-state index in [0.29, 0.717) is 18.3 Å². The molecule has 0 unspecified atom stereocenters. The first-order valence-electron chi connectivity index (χ1n) is 5.38. The van der Waals surface area contributed by atoms with Gasteiger partial charge in [0.2, 0.25) is 10.0 Å². The van der Waals surface area contributed by atoms with Crippen LogP contribution in [0.4, 0.5) is 0 Å². The van der Waals surface area contributed by atoms with Crippen molar-refractivity contribution in [2.75, 3.05) is 6.54 Å². The first-order chi connectivity index (χ1) is 8.59. The number of hydrogen-bond donors (Lipinski definition) is 0. The molecule has 0 spiro atoms. The predicted octanol–water partition coefficient (Wildman–Crippen LogP) is 0.724. The number of carbonyl (C=O) groups excluding carboxylic acids is 1. The molecular formula is C12H11N2O3S. The largest absolute Gasteiger partial charge is 0.302 e. The normalized spacial score (nSPS) is 20.5. The minimum Gasteiger partial charge on any atom is -0.302 e. The lowest BCUT2D eigenvalue weighted by Gasteiger charge is -2.19. The molecule has 0 bridgehead atoms. The van der Waals surface area contributed by atoms with Gasteiger partial charge in [0, 0.05) is 6.54 Å². The van der Waals surface area contributed by atoms with Crippen molar-refractivity contribution in [3.63, 3.8) is 0 Å². The molecule has 1 aromatic rings. The average molecular weight is 263 g/mol. The SMILES string of the molecule is N#Cc1ccc(S(=O)(=O)N2C[CH]C[C@H]2C=O)cc1. The third-order valence-corrected chi connectivity index (χ3v) is 4.74. The number of nitrogens with zero attached hydrogens (tertiary/aromatic N) is 2. The van der Waals surface area contributed by atoms with Crippen LogP contribution in [0.25, 0.3) is 0 Å². The Morgan fingerprint density at radius 3 is 2.56 bits per heavy atom. The highest BCUT2D eigenvalue weighted by molar-refractivity contribution is 7.89. The number of sulfonamides is 1. The molecule has 18 heavy (non-hydrogen) atoms. The molecule has 93 valence electrons. The summed E-state index contributed by atoms with van der Waals surface area (Å²) < 4.78 is 25.7. The van der Waals surface area contributed by atoms with E-state index < -0.39 is 16.1 Å². The summed E-state index contributed by atoms with van der Waals surface area (Å²) in [6.45, 7) is 0.242. The smallest absolute Gasteiger partial charge is 0.243 e. The summed E-state index contributed by atoms with van der Waals surface area (Å²) in [5.74, 6) is 0. The van der Waals surface area contributed by atoms with Gasteiger partial charge in [-0.05, 0) is 37.1 Å². The van der Waals surface area contributed by atoms with E-state index in [1.807, 2.05) is 6.07 Å². The number of carbonyl (C=O) groups is 1. The second-order valence-corrected chi connectivity index (χ2v) is 5.83. The van der Waals surface area contributed by atoms with Gasteiger partial charge >= 0.3 is 0 Å². The Bertz CT molecular complexity index is 587. The van der Waals surface area contributed by atoms with E-state index in [-0.39, 0.29) is 11.4 Å². The maximum absolute atomic E-state index is 12.3. The molecule has 0 aliphatic carbocycles. The van der Waals surface area contributed by atoms with Gasteiger partial charge in [-0.2, -0.15) is 9.57 Å². The summed E-state index contributed by atoms with van der Waals surface area (Å²) in [6, 6.07) is 6.96. The summed E-state index contributed by atoms with van der Waals surface area (Å²) >= 11 is 0. The highest BCUT2D eigenvalue weighted by Gasteiger charge is 2.35. The molecule has 1 heterocycles. The van der Waals surface area contributed by atoms with Crippen LogP contribution in [0.5, 0.6) is 0 Å². The first-order valence-corrected chi connectivity index (χ1v) is 6.82. The lowest BCUT2D eigenvalue weighted by atomic mass is 10.2. The van der Waals surface area contributed by atoms with Crippen LogP contribution >= 0.6 is 0 Å². The van der Waals surface area contributed by atoms with Crippen molar-refractivity contribution in [1.29, 1.82) is 5.26 Å². The Labute approximate surface area is 106 Å². The fraction of sp³-hybridized carbons (Fsp3) is 0.250. The molecule has 6 heteroatoms. The number of nitriles is 1. The molecular weight excluding hydrogens is 252 g/mol. The summed E-state index contributed by atoms with van der Waals surface area (Å²) in [7, 11) is -3.66. The van der Waals surface area contributed by atoms with E-state index in [2.05, 4.69) is 0 Å². The number of rotatable bonds is 3. The minimum atomic E-state index is -3.66. The lowest BCUT2D eigenvalue weighted by Crippen LogP contribution is -2.36. The van der Waals surface area contributed by atoms with Crippen molar-refractivity contribution in [2.45, 2.75) is 17.4 Å². The van der Waals surface area contributed by atoms with E-state index in [1.54, 1.807) is 6.42 Å². The van der Waals surface area contributed by atoms with E-state index >= 15 is 0 Å². The third-order valence-electron chi connectivity index (χ3n) is 2.83. The molecule has 0 saturated carbocycles. The van der Waals surface area contributed by atoms with Crippen LogP contribution in [0.2, 0.25) is 0 Å². The zero-order valence-corrected chi connectivity index (χ0v) is 10.3. The second kappa shape index (κ2) is 4.88. The lowest BCUT2D eigenvalue weighted by molar-refractivity contribution is -0.110. The quantitative estimate of drug-likeness (QED) is 0.753. The monoisotopic (exact) mass is 263 g/mol. The van der Waals surface area contributed by atoms with Crippen LogP contribution in [0.15, 0.2) is 29.2 Å². The van der Waals surface area contributed by atoms with E-state index in [0.717, 1.165) is 0 Å². The molecule has 0 amide bonds. The Balaban J connectivity index is 2.36. The molecule has 1 aliphatic rings. The van der Waals surface area contributed by atoms with Crippen molar-refractivity contribution < 1.29 is 13.2 Å². The zero-order chi connectivity index (χ0) is 13.2. The molecule has 1 aliphatic heterocycles. The van der Waals surface area contributed by atoms with Crippen LogP contribution in [0, 0.1) is 17.8 Å². The van der Waals surface area contributed by atoms with Crippen LogP contribution in [-0.4, -0.2) is 31.6 Å². The molecule has 5 nitrogen and oxygen atoms in total. The first kappa shape index (κ1) is 12.7. The molecule has 2 rings (SSSR count). The van der Waals surface area contributed by atoms with Gasteiger partial charge in [-0.1, -0.05) is 0 Å². The predicted molar refractivity (Wildman–Crippen MR) is 63.8 cm³/mol. The van der Waals surface area contributed by atoms with E-state index in [9.17, 15) is 13.2 Å². The number of aldehydes is 1. The third kappa shape index (κ3) is 2.15. The Morgan fingerprint density at radius 1 is 1.33 bits per heavy atom. The average Bonchev–Trinajstić information content (AvgIpc) is 2.88. The highest BCUT2D eigenvalue weighted by Crippen LogP contribution is 2.24. The summed E-state index contributed by atoms with van der Waals surface area (Å²) in [4.78, 5) is 10.9. The molecule has 0 N–H and O–H groups in total. The molecule has 1 atom stereocenters. The van der Waals surface area contributed by atoms with Crippen molar-refractivity contribution in [1.82, 2.24) is 4.31 Å². The maximum Gasteiger partial charge on any atom is 0.243 e. The topological polar surface area (TPSA) is 78.2 Å². The van der Waals surface area contributed by atoms with Crippen molar-refractivity contribution in [2.24, 2.45) is 0 Å². The zero-order valence-electron chi connectivity index (χ0n) is 9.48. The summed E-state index contributed by atoms with van der Waals surface area (Å²) in [6.07, 6.45) is 2.85. The molecule has 1 aromatic carbocycles. The fourth-order valence-electron chi connectivity index (χ4n) is 1.86. The van der Waals surface area contributed by atoms with Crippen molar-refractivity contribution in [3.8, 4) is 6.07 Å². The molecule has 1 saturated heterocycles. The van der Waals surface area contributed by atoms with E-state index in [1.165, 1.54) is 28.6 Å². The standard InChI is InChI=1S/C12H11N2O3S/c13-8-10-3-5-12(6-4-10)18(16,17)14-7-1-2-11(14)9-15/h1,3-6,9,11H,2,7H2/t11-/m0/s1. The Morgan fingerprint density at radius 2 is 2.00 bits per heavy atom. The van der Waals surface area contributed by atoms with Crippen LogP contribution in [0.3, 0.4) is 0 Å². The van der Waals surface area contributed by atoms with Gasteiger partial charge in [0.1, 0.15) is 6.29 Å². The molecule has 1 radical (unpaired) electrons. The van der Waals surface area contributed by atoms with Gasteiger partial charge in [0.05, 0.1) is 22.6 Å². The fourth-order valence-corrected chi connectivity index (χ4v) is 3.41. The van der Waals surface area contributed by atoms with Gasteiger partial charge in [0.15, 0.2) is 0 Å². The highest BCUT2D eigenvalue weighted by atomic mass is 32.2. The maximum atomic E-state index is 12.3. The minimum absolute atomic E-state index is 0.101. The number of benzene rings is 1. The Kier molecular flexibility index (Phi) is 3.45. The van der Waals surface area contributed by atoms with Crippen molar-refractivity contribution >= 4 is 16.3 Å². The van der Waals surface area contributed by atoms with E-state index in [4.69, 9.17) is 5.26 Å². The number of hydrogen-bond acceptors (Lipinski definition) is 4. The van der Waals surface area contributed by atoms with Crippen LogP contribution in [0.1, 0.15) is 12.0 Å². The van der Waals surface area contributed by atoms with Crippen LogP contribution < -0.4 is 0 Å². The summed E-state index contributed by atoms with van der Waals surface area (Å²) in [5.41, 5.74) is 0.397. The summed E-state index contributed by atoms with van der Waals surface area (Å²) in [5, 5.41) is 8.66. The van der Waals surface area contributed by atoms with Gasteiger partial charge in [-0.3, -0.25) is 0 Å². The van der Waals surface area contributed by atoms with Gasteiger partial charge in [-0.15, -0.1) is 0 Å². The van der Waals surface area contributed by atoms with Crippen molar-refractivity contribution in [3.05, 3.63) is 36.2 Å². The second-order valence-electron chi connectivity index (χ2n) is 3.94. The Hall–Kier alpha value is -1.71. The van der Waals surface area contributed by atoms with Gasteiger partial charge in [0.25, 0.3) is 0 Å². The van der Waals surface area contributed by atoms with Gasteiger partial charge in [-0.25, -0.2) is 8.42 Å². The van der Waals surface area contributed by atoms with Crippen LogP contribution in [-0.2, 0) is 14.8 Å².